The topological polar surface area (TPSA) is 79.4 Å². The third-order valence-electron chi connectivity index (χ3n) is 4.10. The van der Waals surface area contributed by atoms with E-state index >= 15 is 0 Å². The van der Waals surface area contributed by atoms with Crippen LogP contribution in [0, 0.1) is 0 Å². The monoisotopic (exact) mass is 361 g/mol. The molecular formula is C18H23N3O3S. The zero-order valence-electron chi connectivity index (χ0n) is 14.6. The number of rotatable bonds is 6. The molecular weight excluding hydrogens is 338 g/mol. The second kappa shape index (κ2) is 8.11. The zero-order chi connectivity index (χ0) is 18.4. The van der Waals surface area contributed by atoms with Crippen LogP contribution < -0.4 is 5.32 Å². The van der Waals surface area contributed by atoms with E-state index in [1.165, 1.54) is 6.26 Å². The van der Waals surface area contributed by atoms with Crippen LogP contribution in [0.4, 0.5) is 4.79 Å². The molecule has 2 rings (SSSR count). The average molecular weight is 361 g/mol. The third kappa shape index (κ3) is 5.29. The molecule has 0 saturated heterocycles. The Morgan fingerprint density at radius 3 is 2.48 bits per heavy atom. The highest BCUT2D eigenvalue weighted by atomic mass is 32.2. The predicted octanol–water partition coefficient (Wildman–Crippen LogP) is 2.43. The molecule has 1 unspecified atom stereocenters. The van der Waals surface area contributed by atoms with Crippen LogP contribution in [0.25, 0.3) is 0 Å². The molecule has 1 atom stereocenters. The molecule has 25 heavy (non-hydrogen) atoms. The maximum absolute atomic E-state index is 12.3. The Morgan fingerprint density at radius 2 is 1.92 bits per heavy atom. The van der Waals surface area contributed by atoms with Gasteiger partial charge >= 0.3 is 6.03 Å². The number of benzene rings is 1. The molecule has 1 heterocycles. The van der Waals surface area contributed by atoms with E-state index < -0.39 is 9.84 Å². The minimum Gasteiger partial charge on any atom is -0.338 e. The normalized spacial score (nSPS) is 12.4. The molecule has 0 aliphatic heterocycles. The van der Waals surface area contributed by atoms with Gasteiger partial charge < -0.3 is 10.2 Å². The molecule has 7 heteroatoms. The standard InChI is InChI=1S/C18H23N3O3S/c1-14(16-6-8-17(9-7-16)25(3,23)24)21(2)18(22)20-12-10-15-5-4-11-19-13-15/h4-9,11,13-14H,10,12H2,1-3H3,(H,20,22). The van der Waals surface area contributed by atoms with Crippen LogP contribution in [-0.2, 0) is 16.3 Å². The molecule has 2 amide bonds. The lowest BCUT2D eigenvalue weighted by atomic mass is 10.1. The number of urea groups is 1. The summed E-state index contributed by atoms with van der Waals surface area (Å²) >= 11 is 0. The molecule has 0 radical (unpaired) electrons. The van der Waals surface area contributed by atoms with Crippen molar-refractivity contribution in [2.24, 2.45) is 0 Å². The first kappa shape index (κ1) is 18.9. The summed E-state index contributed by atoms with van der Waals surface area (Å²) in [4.78, 5) is 18.2. The van der Waals surface area contributed by atoms with Crippen molar-refractivity contribution >= 4 is 15.9 Å². The number of hydrogen-bond acceptors (Lipinski definition) is 4. The van der Waals surface area contributed by atoms with Crippen molar-refractivity contribution in [3.63, 3.8) is 0 Å². The van der Waals surface area contributed by atoms with Crippen LogP contribution in [0.3, 0.4) is 0 Å². The number of hydrogen-bond donors (Lipinski definition) is 1. The number of nitrogens with one attached hydrogen (secondary N) is 1. The van der Waals surface area contributed by atoms with Crippen molar-refractivity contribution < 1.29 is 13.2 Å². The van der Waals surface area contributed by atoms with Gasteiger partial charge in [0.25, 0.3) is 0 Å². The number of sulfone groups is 1. The fourth-order valence-corrected chi connectivity index (χ4v) is 3.01. The molecule has 1 aromatic carbocycles. The molecule has 1 N–H and O–H groups in total. The Balaban J connectivity index is 1.92. The molecule has 2 aromatic rings. The molecule has 0 fully saturated rings. The molecule has 6 nitrogen and oxygen atoms in total. The van der Waals surface area contributed by atoms with E-state index in [1.54, 1.807) is 48.6 Å². The number of carbonyl (C=O) groups is 1. The second-order valence-corrected chi connectivity index (χ2v) is 7.99. The first-order valence-electron chi connectivity index (χ1n) is 7.98. The summed E-state index contributed by atoms with van der Waals surface area (Å²) < 4.78 is 23.0. The summed E-state index contributed by atoms with van der Waals surface area (Å²) in [6, 6.07) is 10.1. The van der Waals surface area contributed by atoms with Gasteiger partial charge in [-0.15, -0.1) is 0 Å². The Labute approximate surface area is 148 Å². The van der Waals surface area contributed by atoms with Crippen LogP contribution in [0.15, 0.2) is 53.7 Å². The largest absolute Gasteiger partial charge is 0.338 e. The Morgan fingerprint density at radius 1 is 1.24 bits per heavy atom. The number of aromatic nitrogens is 1. The number of pyridine rings is 1. The van der Waals surface area contributed by atoms with Crippen molar-refractivity contribution in [2.75, 3.05) is 19.8 Å². The van der Waals surface area contributed by atoms with E-state index in [4.69, 9.17) is 0 Å². The van der Waals surface area contributed by atoms with Crippen molar-refractivity contribution in [1.82, 2.24) is 15.2 Å². The molecule has 0 spiro atoms. The Hall–Kier alpha value is -2.41. The second-order valence-electron chi connectivity index (χ2n) is 5.97. The lowest BCUT2D eigenvalue weighted by Gasteiger charge is -2.25. The number of nitrogens with zero attached hydrogens (tertiary/aromatic N) is 2. The van der Waals surface area contributed by atoms with Crippen molar-refractivity contribution in [1.29, 1.82) is 0 Å². The van der Waals surface area contributed by atoms with Gasteiger partial charge in [-0.05, 0) is 42.7 Å². The van der Waals surface area contributed by atoms with Gasteiger partial charge in [0.05, 0.1) is 10.9 Å². The SMILES string of the molecule is CC(c1ccc(S(C)(=O)=O)cc1)N(C)C(=O)NCCc1cccnc1. The Kier molecular flexibility index (Phi) is 6.14. The van der Waals surface area contributed by atoms with Crippen molar-refractivity contribution in [3.05, 3.63) is 59.9 Å². The summed E-state index contributed by atoms with van der Waals surface area (Å²) in [7, 11) is -1.50. The number of amides is 2. The highest BCUT2D eigenvalue weighted by molar-refractivity contribution is 7.90. The fraction of sp³-hybridized carbons (Fsp3) is 0.333. The lowest BCUT2D eigenvalue weighted by Crippen LogP contribution is -2.39. The van der Waals surface area contributed by atoms with Crippen molar-refractivity contribution in [2.45, 2.75) is 24.3 Å². The maximum atomic E-state index is 12.3. The number of carbonyl (C=O) groups excluding carboxylic acids is 1. The molecule has 0 aliphatic carbocycles. The summed E-state index contributed by atoms with van der Waals surface area (Å²) in [5, 5.41) is 2.88. The summed E-state index contributed by atoms with van der Waals surface area (Å²) in [5.74, 6) is 0. The molecule has 0 bridgehead atoms. The predicted molar refractivity (Wildman–Crippen MR) is 97.1 cm³/mol. The van der Waals surface area contributed by atoms with Gasteiger partial charge in [0, 0.05) is 32.2 Å². The summed E-state index contributed by atoms with van der Waals surface area (Å²) in [6.07, 6.45) is 5.38. The van der Waals surface area contributed by atoms with E-state index in [0.29, 0.717) is 13.0 Å². The van der Waals surface area contributed by atoms with Crippen molar-refractivity contribution in [3.8, 4) is 0 Å². The van der Waals surface area contributed by atoms with Crippen LogP contribution in [0.2, 0.25) is 0 Å². The van der Waals surface area contributed by atoms with E-state index in [2.05, 4.69) is 10.3 Å². The minimum atomic E-state index is -3.22. The van der Waals surface area contributed by atoms with E-state index in [9.17, 15) is 13.2 Å². The van der Waals surface area contributed by atoms with Gasteiger partial charge in [-0.25, -0.2) is 13.2 Å². The van der Waals surface area contributed by atoms with Crippen LogP contribution in [0.1, 0.15) is 24.1 Å². The van der Waals surface area contributed by atoms with Gasteiger partial charge in [0.2, 0.25) is 0 Å². The zero-order valence-corrected chi connectivity index (χ0v) is 15.5. The smallest absolute Gasteiger partial charge is 0.317 e. The Bertz CT molecular complexity index is 805. The van der Waals surface area contributed by atoms with E-state index in [0.717, 1.165) is 11.1 Å². The lowest BCUT2D eigenvalue weighted by molar-refractivity contribution is 0.194. The highest BCUT2D eigenvalue weighted by Crippen LogP contribution is 2.20. The quantitative estimate of drug-likeness (QED) is 0.857. The molecule has 0 aliphatic rings. The average Bonchev–Trinajstić information content (AvgIpc) is 2.60. The minimum absolute atomic E-state index is 0.174. The van der Waals surface area contributed by atoms with Crippen LogP contribution >= 0.6 is 0 Å². The van der Waals surface area contributed by atoms with Crippen LogP contribution in [-0.4, -0.2) is 44.2 Å². The summed E-state index contributed by atoms with van der Waals surface area (Å²) in [6.45, 7) is 2.42. The van der Waals surface area contributed by atoms with Gasteiger partial charge in [-0.3, -0.25) is 4.98 Å². The van der Waals surface area contributed by atoms with Gasteiger partial charge in [-0.1, -0.05) is 18.2 Å². The molecule has 0 saturated carbocycles. The third-order valence-corrected chi connectivity index (χ3v) is 5.23. The van der Waals surface area contributed by atoms with Crippen LogP contribution in [0.5, 0.6) is 0 Å². The maximum Gasteiger partial charge on any atom is 0.317 e. The van der Waals surface area contributed by atoms with E-state index in [1.807, 2.05) is 19.1 Å². The molecule has 134 valence electrons. The van der Waals surface area contributed by atoms with Gasteiger partial charge in [-0.2, -0.15) is 0 Å². The first-order chi connectivity index (χ1) is 11.8. The first-order valence-corrected chi connectivity index (χ1v) is 9.88. The van der Waals surface area contributed by atoms with Gasteiger partial charge in [0.15, 0.2) is 9.84 Å². The molecule has 1 aromatic heterocycles. The highest BCUT2D eigenvalue weighted by Gasteiger charge is 2.17. The fourth-order valence-electron chi connectivity index (χ4n) is 2.38. The van der Waals surface area contributed by atoms with E-state index in [-0.39, 0.29) is 17.0 Å². The summed E-state index contributed by atoms with van der Waals surface area (Å²) in [5.41, 5.74) is 1.94. The van der Waals surface area contributed by atoms with Gasteiger partial charge in [0.1, 0.15) is 0 Å².